The van der Waals surface area contributed by atoms with Gasteiger partial charge < -0.3 is 9.80 Å². The summed E-state index contributed by atoms with van der Waals surface area (Å²) < 4.78 is 0. The van der Waals surface area contributed by atoms with Gasteiger partial charge in [-0.1, -0.05) is 4.91 Å². The van der Waals surface area contributed by atoms with Gasteiger partial charge in [-0.3, -0.25) is 9.79 Å². The standard InChI is InChI=1S/C20H25N9O/c1-13-14(2)24-20(25-15(13)3)27-11-16-9-26(10-17(16)12-27)19(30)18-21-5-4-8-28(18)29-22-6-7-23-29/h4-8,16-18H,9-12H2,1-3H3. The first kappa shape index (κ1) is 18.7. The highest BCUT2D eigenvalue weighted by atomic mass is 16.2. The molecule has 0 radical (unpaired) electrons. The Morgan fingerprint density at radius 1 is 0.967 bits per heavy atom. The maximum absolute atomic E-state index is 13.2. The Morgan fingerprint density at radius 3 is 2.23 bits per heavy atom. The summed E-state index contributed by atoms with van der Waals surface area (Å²) >= 11 is 0. The average molecular weight is 407 g/mol. The van der Waals surface area contributed by atoms with Crippen molar-refractivity contribution in [1.82, 2.24) is 30.0 Å². The zero-order chi connectivity index (χ0) is 20.8. The minimum absolute atomic E-state index is 0.0212. The van der Waals surface area contributed by atoms with Crippen LogP contribution in [0.25, 0.3) is 0 Å². The SMILES string of the molecule is Cc1nc(N2CC3CN(C(=O)C4N=CC=CN4n4nccn4)CC3C2)nc(C)c1C. The maximum atomic E-state index is 13.2. The van der Waals surface area contributed by atoms with Crippen LogP contribution in [0.15, 0.2) is 29.7 Å². The Hall–Kier alpha value is -3.30. The molecule has 1 amide bonds. The number of rotatable bonds is 3. The fraction of sp³-hybridized carbons (Fsp3) is 0.500. The molecule has 5 heterocycles. The summed E-state index contributed by atoms with van der Waals surface area (Å²) in [5, 5.41) is 9.92. The third-order valence-electron chi connectivity index (χ3n) is 6.34. The highest BCUT2D eigenvalue weighted by molar-refractivity contribution is 5.88. The minimum atomic E-state index is -0.678. The van der Waals surface area contributed by atoms with Crippen LogP contribution < -0.4 is 9.91 Å². The summed E-state index contributed by atoms with van der Waals surface area (Å²) in [7, 11) is 0. The lowest BCUT2D eigenvalue weighted by Gasteiger charge is -2.30. The number of hydrogen-bond acceptors (Lipinski definition) is 8. The second-order valence-electron chi connectivity index (χ2n) is 8.18. The van der Waals surface area contributed by atoms with Crippen LogP contribution in [0.3, 0.4) is 0 Å². The third kappa shape index (κ3) is 3.12. The monoisotopic (exact) mass is 407 g/mol. The number of aliphatic imine (C=N–C) groups is 1. The Morgan fingerprint density at radius 2 is 1.60 bits per heavy atom. The zero-order valence-corrected chi connectivity index (χ0v) is 17.4. The molecule has 0 saturated carbocycles. The van der Waals surface area contributed by atoms with E-state index >= 15 is 0 Å². The highest BCUT2D eigenvalue weighted by Crippen LogP contribution is 2.33. The number of amides is 1. The van der Waals surface area contributed by atoms with Crippen LogP contribution in [0.1, 0.15) is 17.0 Å². The van der Waals surface area contributed by atoms with E-state index in [1.807, 2.05) is 18.7 Å². The zero-order valence-electron chi connectivity index (χ0n) is 17.4. The van der Waals surface area contributed by atoms with Gasteiger partial charge >= 0.3 is 0 Å². The molecule has 2 saturated heterocycles. The molecule has 10 heteroatoms. The number of allylic oxidation sites excluding steroid dienone is 1. The van der Waals surface area contributed by atoms with E-state index in [4.69, 9.17) is 9.97 Å². The molecular weight excluding hydrogens is 382 g/mol. The molecule has 0 N–H and O–H groups in total. The molecule has 3 atom stereocenters. The average Bonchev–Trinajstić information content (AvgIpc) is 3.47. The summed E-state index contributed by atoms with van der Waals surface area (Å²) in [6.07, 6.45) is 7.69. The third-order valence-corrected chi connectivity index (χ3v) is 6.34. The van der Waals surface area contributed by atoms with Crippen LogP contribution in [0.4, 0.5) is 5.95 Å². The van der Waals surface area contributed by atoms with Crippen molar-refractivity contribution < 1.29 is 4.79 Å². The summed E-state index contributed by atoms with van der Waals surface area (Å²) in [6.45, 7) is 9.30. The Bertz CT molecular complexity index is 978. The van der Waals surface area contributed by atoms with Gasteiger partial charge in [-0.05, 0) is 32.4 Å². The van der Waals surface area contributed by atoms with E-state index in [2.05, 4.69) is 27.0 Å². The van der Waals surface area contributed by atoms with Crippen LogP contribution in [0.5, 0.6) is 0 Å². The fourth-order valence-electron chi connectivity index (χ4n) is 4.47. The first-order valence-corrected chi connectivity index (χ1v) is 10.2. The first-order chi connectivity index (χ1) is 14.5. The Labute approximate surface area is 174 Å². The van der Waals surface area contributed by atoms with Gasteiger partial charge in [0.15, 0.2) is 0 Å². The molecule has 2 fully saturated rings. The van der Waals surface area contributed by atoms with Gasteiger partial charge in [-0.15, -0.1) is 10.2 Å². The second-order valence-corrected chi connectivity index (χ2v) is 8.18. The van der Waals surface area contributed by atoms with Crippen LogP contribution in [0, 0.1) is 32.6 Å². The Balaban J connectivity index is 1.27. The molecule has 156 valence electrons. The molecule has 0 spiro atoms. The van der Waals surface area contributed by atoms with E-state index in [1.165, 1.54) is 4.91 Å². The summed E-state index contributed by atoms with van der Waals surface area (Å²) in [5.41, 5.74) is 3.21. The normalized spacial score (nSPS) is 25.3. The van der Waals surface area contributed by atoms with Gasteiger partial charge in [0.25, 0.3) is 5.91 Å². The van der Waals surface area contributed by atoms with Gasteiger partial charge in [0.05, 0.1) is 12.4 Å². The van der Waals surface area contributed by atoms with Crippen molar-refractivity contribution in [2.75, 3.05) is 36.1 Å². The predicted octanol–water partition coefficient (Wildman–Crippen LogP) is 0.450. The molecule has 0 aromatic carbocycles. The quantitative estimate of drug-likeness (QED) is 0.729. The number of aromatic nitrogens is 5. The van der Waals surface area contributed by atoms with Gasteiger partial charge in [-0.2, -0.15) is 0 Å². The van der Waals surface area contributed by atoms with Crippen LogP contribution in [-0.2, 0) is 4.79 Å². The molecule has 0 bridgehead atoms. The lowest BCUT2D eigenvalue weighted by Crippen LogP contribution is -2.51. The van der Waals surface area contributed by atoms with E-state index in [-0.39, 0.29) is 5.91 Å². The van der Waals surface area contributed by atoms with Crippen molar-refractivity contribution >= 4 is 18.1 Å². The molecule has 2 aromatic rings. The van der Waals surface area contributed by atoms with Gasteiger partial charge in [0.2, 0.25) is 12.1 Å². The summed E-state index contributed by atoms with van der Waals surface area (Å²) in [6, 6.07) is 0. The number of likely N-dealkylation sites (tertiary alicyclic amines) is 1. The van der Waals surface area contributed by atoms with E-state index in [1.54, 1.807) is 35.9 Å². The smallest absolute Gasteiger partial charge is 0.269 e. The maximum Gasteiger partial charge on any atom is 0.269 e. The van der Waals surface area contributed by atoms with Crippen molar-refractivity contribution in [3.05, 3.63) is 41.6 Å². The van der Waals surface area contributed by atoms with Crippen molar-refractivity contribution in [3.8, 4) is 0 Å². The van der Waals surface area contributed by atoms with Gasteiger partial charge in [-0.25, -0.2) is 15.0 Å². The van der Waals surface area contributed by atoms with Crippen molar-refractivity contribution in [1.29, 1.82) is 0 Å². The highest BCUT2D eigenvalue weighted by Gasteiger charge is 2.44. The fourth-order valence-corrected chi connectivity index (χ4v) is 4.47. The largest absolute Gasteiger partial charge is 0.340 e. The lowest BCUT2D eigenvalue weighted by atomic mass is 10.0. The topological polar surface area (TPSA) is 95.6 Å². The number of carbonyl (C=O) groups is 1. The Kier molecular flexibility index (Phi) is 4.48. The molecule has 3 unspecified atom stereocenters. The van der Waals surface area contributed by atoms with Crippen LogP contribution >= 0.6 is 0 Å². The van der Waals surface area contributed by atoms with Crippen molar-refractivity contribution in [2.24, 2.45) is 16.8 Å². The molecule has 2 aromatic heterocycles. The number of fused-ring (bicyclic) bond motifs is 1. The van der Waals surface area contributed by atoms with Gasteiger partial charge in [0.1, 0.15) is 0 Å². The van der Waals surface area contributed by atoms with E-state index in [0.29, 0.717) is 11.8 Å². The van der Waals surface area contributed by atoms with E-state index < -0.39 is 6.17 Å². The molecule has 3 aliphatic heterocycles. The van der Waals surface area contributed by atoms with E-state index in [9.17, 15) is 4.79 Å². The number of hydrogen-bond donors (Lipinski definition) is 0. The molecule has 30 heavy (non-hydrogen) atoms. The minimum Gasteiger partial charge on any atom is -0.340 e. The van der Waals surface area contributed by atoms with Gasteiger partial charge in [0, 0.05) is 61.8 Å². The summed E-state index contributed by atoms with van der Waals surface area (Å²) in [5.74, 6) is 1.62. The molecule has 3 aliphatic rings. The number of aryl methyl sites for hydroxylation is 2. The molecule has 0 aliphatic carbocycles. The van der Waals surface area contributed by atoms with E-state index in [0.717, 1.165) is 49.1 Å². The number of anilines is 1. The molecular formula is C20H25N9O. The lowest BCUT2D eigenvalue weighted by molar-refractivity contribution is -0.132. The van der Waals surface area contributed by atoms with Crippen molar-refractivity contribution in [3.63, 3.8) is 0 Å². The summed E-state index contributed by atoms with van der Waals surface area (Å²) in [4.78, 5) is 32.6. The first-order valence-electron chi connectivity index (χ1n) is 10.2. The molecule has 10 nitrogen and oxygen atoms in total. The number of nitrogens with zero attached hydrogens (tertiary/aromatic N) is 9. The number of carbonyl (C=O) groups excluding carboxylic acids is 1. The van der Waals surface area contributed by atoms with Crippen molar-refractivity contribution in [2.45, 2.75) is 26.9 Å². The van der Waals surface area contributed by atoms with Crippen LogP contribution in [0.2, 0.25) is 0 Å². The second kappa shape index (κ2) is 7.19. The molecule has 5 rings (SSSR count). The predicted molar refractivity (Wildman–Crippen MR) is 112 cm³/mol. The van der Waals surface area contributed by atoms with Crippen LogP contribution in [-0.4, -0.2) is 74.4 Å².